The Bertz CT molecular complexity index is 255. The van der Waals surface area contributed by atoms with Crippen molar-refractivity contribution in [2.45, 2.75) is 26.5 Å². The number of carbonyl (C=O) groups excluding carboxylic acids is 1. The van der Waals surface area contributed by atoms with Gasteiger partial charge in [-0.25, -0.2) is 4.79 Å². The van der Waals surface area contributed by atoms with Gasteiger partial charge in [0, 0.05) is 12.1 Å². The van der Waals surface area contributed by atoms with Crippen LogP contribution in [-0.2, 0) is 14.3 Å². The lowest BCUT2D eigenvalue weighted by Crippen LogP contribution is -2.50. The van der Waals surface area contributed by atoms with Crippen LogP contribution in [0.15, 0.2) is 12.2 Å². The van der Waals surface area contributed by atoms with E-state index in [0.717, 1.165) is 6.54 Å². The van der Waals surface area contributed by atoms with Crippen molar-refractivity contribution in [3.63, 3.8) is 0 Å². The molecule has 1 heterocycles. The molecule has 1 aliphatic heterocycles. The average molecular weight is 213 g/mol. The summed E-state index contributed by atoms with van der Waals surface area (Å²) in [7, 11) is 0. The van der Waals surface area contributed by atoms with Crippen LogP contribution in [0.2, 0.25) is 0 Å². The quantitative estimate of drug-likeness (QED) is 0.560. The van der Waals surface area contributed by atoms with Crippen LogP contribution in [-0.4, -0.2) is 31.5 Å². The van der Waals surface area contributed by atoms with Crippen LogP contribution >= 0.6 is 0 Å². The van der Waals surface area contributed by atoms with Crippen molar-refractivity contribution in [3.05, 3.63) is 12.2 Å². The van der Waals surface area contributed by atoms with Crippen LogP contribution in [0.5, 0.6) is 0 Å². The van der Waals surface area contributed by atoms with Gasteiger partial charge in [0.2, 0.25) is 0 Å². The van der Waals surface area contributed by atoms with E-state index in [2.05, 4.69) is 11.9 Å². The van der Waals surface area contributed by atoms with Crippen LogP contribution in [0.3, 0.4) is 0 Å². The summed E-state index contributed by atoms with van der Waals surface area (Å²) < 4.78 is 10.7. The molecule has 4 heteroatoms. The second-order valence-electron chi connectivity index (χ2n) is 4.18. The Morgan fingerprint density at radius 2 is 2.33 bits per heavy atom. The first kappa shape index (κ1) is 12.2. The van der Waals surface area contributed by atoms with Crippen LogP contribution in [0.4, 0.5) is 0 Å². The van der Waals surface area contributed by atoms with E-state index in [1.807, 2.05) is 13.8 Å². The largest absolute Gasteiger partial charge is 0.458 e. The highest BCUT2D eigenvalue weighted by atomic mass is 16.6. The summed E-state index contributed by atoms with van der Waals surface area (Å²) in [6.45, 7) is 10.9. The summed E-state index contributed by atoms with van der Waals surface area (Å²) >= 11 is 0. The van der Waals surface area contributed by atoms with Crippen LogP contribution in [0.1, 0.15) is 20.8 Å². The Hall–Kier alpha value is -0.870. The van der Waals surface area contributed by atoms with E-state index in [1.54, 1.807) is 6.92 Å². The smallest absolute Gasteiger partial charge is 0.333 e. The molecule has 0 bridgehead atoms. The summed E-state index contributed by atoms with van der Waals surface area (Å²) in [4.78, 5) is 11.3. The van der Waals surface area contributed by atoms with E-state index in [0.29, 0.717) is 12.2 Å². The van der Waals surface area contributed by atoms with Gasteiger partial charge < -0.3 is 9.47 Å². The Balaban J connectivity index is 2.53. The Labute approximate surface area is 90.6 Å². The molecule has 1 unspecified atom stereocenters. The maximum atomic E-state index is 11.3. The van der Waals surface area contributed by atoms with Crippen molar-refractivity contribution < 1.29 is 14.3 Å². The summed E-state index contributed by atoms with van der Waals surface area (Å²) in [5, 5.41) is 3.23. The molecule has 0 spiro atoms. The SMILES string of the molecule is C=C(C)C(=O)OCC1(C(C)C)NCCO1. The third-order valence-electron chi connectivity index (χ3n) is 2.58. The van der Waals surface area contributed by atoms with Gasteiger partial charge in [0.25, 0.3) is 0 Å². The van der Waals surface area contributed by atoms with E-state index in [1.165, 1.54) is 0 Å². The minimum Gasteiger partial charge on any atom is -0.458 e. The first-order chi connectivity index (χ1) is 6.98. The molecule has 15 heavy (non-hydrogen) atoms. The van der Waals surface area contributed by atoms with Crippen LogP contribution in [0.25, 0.3) is 0 Å². The fraction of sp³-hybridized carbons (Fsp3) is 0.727. The number of carbonyl (C=O) groups is 1. The van der Waals surface area contributed by atoms with Crippen molar-refractivity contribution in [2.75, 3.05) is 19.8 Å². The highest BCUT2D eigenvalue weighted by Crippen LogP contribution is 2.23. The van der Waals surface area contributed by atoms with Gasteiger partial charge >= 0.3 is 5.97 Å². The zero-order valence-corrected chi connectivity index (χ0v) is 9.63. The summed E-state index contributed by atoms with van der Waals surface area (Å²) in [6, 6.07) is 0. The van der Waals surface area contributed by atoms with Gasteiger partial charge in [0.1, 0.15) is 6.61 Å². The van der Waals surface area contributed by atoms with Gasteiger partial charge in [-0.05, 0) is 12.8 Å². The molecule has 1 fully saturated rings. The zero-order valence-electron chi connectivity index (χ0n) is 9.63. The molecular weight excluding hydrogens is 194 g/mol. The van der Waals surface area contributed by atoms with Gasteiger partial charge in [-0.2, -0.15) is 0 Å². The molecule has 0 aliphatic carbocycles. The van der Waals surface area contributed by atoms with Crippen molar-refractivity contribution in [3.8, 4) is 0 Å². The highest BCUT2D eigenvalue weighted by Gasteiger charge is 2.39. The number of hydrogen-bond acceptors (Lipinski definition) is 4. The van der Waals surface area contributed by atoms with E-state index in [9.17, 15) is 4.79 Å². The van der Waals surface area contributed by atoms with Gasteiger partial charge in [0.15, 0.2) is 5.72 Å². The second kappa shape index (κ2) is 4.77. The number of rotatable bonds is 4. The summed E-state index contributed by atoms with van der Waals surface area (Å²) in [5.74, 6) is -0.120. The third kappa shape index (κ3) is 2.79. The summed E-state index contributed by atoms with van der Waals surface area (Å²) in [6.07, 6.45) is 0. The third-order valence-corrected chi connectivity index (χ3v) is 2.58. The highest BCUT2D eigenvalue weighted by molar-refractivity contribution is 5.86. The molecule has 1 N–H and O–H groups in total. The molecule has 0 saturated carbocycles. The van der Waals surface area contributed by atoms with Gasteiger partial charge in [-0.1, -0.05) is 20.4 Å². The molecular formula is C11H19NO3. The molecule has 1 rings (SSSR count). The molecule has 1 saturated heterocycles. The Morgan fingerprint density at radius 3 is 2.73 bits per heavy atom. The molecule has 4 nitrogen and oxygen atoms in total. The first-order valence-electron chi connectivity index (χ1n) is 5.19. The molecule has 1 aliphatic rings. The lowest BCUT2D eigenvalue weighted by Gasteiger charge is -2.31. The van der Waals surface area contributed by atoms with E-state index >= 15 is 0 Å². The van der Waals surface area contributed by atoms with Gasteiger partial charge in [-0.3, -0.25) is 5.32 Å². The number of nitrogens with one attached hydrogen (secondary N) is 1. The molecule has 0 amide bonds. The van der Waals surface area contributed by atoms with Crippen molar-refractivity contribution in [1.29, 1.82) is 0 Å². The minimum absolute atomic E-state index is 0.232. The number of esters is 1. The molecule has 0 aromatic carbocycles. The maximum Gasteiger partial charge on any atom is 0.333 e. The minimum atomic E-state index is -0.523. The molecule has 1 atom stereocenters. The molecule has 0 aromatic rings. The average Bonchev–Trinajstić information content (AvgIpc) is 2.63. The topological polar surface area (TPSA) is 47.6 Å². The normalized spacial score (nSPS) is 25.6. The lowest BCUT2D eigenvalue weighted by atomic mass is 10.0. The monoisotopic (exact) mass is 213 g/mol. The summed E-state index contributed by atoms with van der Waals surface area (Å²) in [5.41, 5.74) is -0.114. The standard InChI is InChI=1S/C11H19NO3/c1-8(2)10(13)14-7-11(9(3)4)12-5-6-15-11/h9,12H,1,5-7H2,2-4H3. The molecule has 86 valence electrons. The number of hydrogen-bond donors (Lipinski definition) is 1. The van der Waals surface area contributed by atoms with E-state index in [4.69, 9.17) is 9.47 Å². The first-order valence-corrected chi connectivity index (χ1v) is 5.19. The zero-order chi connectivity index (χ0) is 11.5. The van der Waals surface area contributed by atoms with Crippen molar-refractivity contribution in [2.24, 2.45) is 5.92 Å². The van der Waals surface area contributed by atoms with E-state index in [-0.39, 0.29) is 18.5 Å². The molecule has 0 radical (unpaired) electrons. The van der Waals surface area contributed by atoms with Crippen molar-refractivity contribution in [1.82, 2.24) is 5.32 Å². The fourth-order valence-electron chi connectivity index (χ4n) is 1.47. The predicted octanol–water partition coefficient (Wildman–Crippen LogP) is 1.08. The van der Waals surface area contributed by atoms with Gasteiger partial charge in [-0.15, -0.1) is 0 Å². The predicted molar refractivity (Wildman–Crippen MR) is 57.3 cm³/mol. The maximum absolute atomic E-state index is 11.3. The van der Waals surface area contributed by atoms with Crippen LogP contribution < -0.4 is 5.32 Å². The van der Waals surface area contributed by atoms with Crippen LogP contribution in [0, 0.1) is 5.92 Å². The molecule has 0 aromatic heterocycles. The Morgan fingerprint density at radius 1 is 1.67 bits per heavy atom. The Kier molecular flexibility index (Phi) is 3.88. The number of ether oxygens (including phenoxy) is 2. The lowest BCUT2D eigenvalue weighted by molar-refractivity contribution is -0.153. The second-order valence-corrected chi connectivity index (χ2v) is 4.18. The fourth-order valence-corrected chi connectivity index (χ4v) is 1.47. The van der Waals surface area contributed by atoms with Gasteiger partial charge in [0.05, 0.1) is 6.61 Å². The van der Waals surface area contributed by atoms with E-state index < -0.39 is 5.72 Å². The van der Waals surface area contributed by atoms with Crippen molar-refractivity contribution >= 4 is 5.97 Å².